The monoisotopic (exact) mass is 540 g/mol. The van der Waals surface area contributed by atoms with Crippen molar-refractivity contribution in [3.63, 3.8) is 0 Å². The molecule has 0 saturated heterocycles. The Hall–Kier alpha value is 1.61. The van der Waals surface area contributed by atoms with E-state index in [0.29, 0.717) is 0 Å². The van der Waals surface area contributed by atoms with Gasteiger partial charge in [0.1, 0.15) is 6.09 Å². The number of rotatable bonds is 0. The van der Waals surface area contributed by atoms with E-state index in [0.717, 1.165) is 0 Å². The summed E-state index contributed by atoms with van der Waals surface area (Å²) in [4.78, 5) is 8.67. The maximum atomic E-state index is 8.67. The van der Waals surface area contributed by atoms with Crippen molar-refractivity contribution in [2.75, 3.05) is 0 Å². The van der Waals surface area contributed by atoms with Crippen LogP contribution in [0.3, 0.4) is 0 Å². The number of primary amides is 1. The van der Waals surface area contributed by atoms with Crippen LogP contribution in [0, 0.1) is 0 Å². The number of hydrogen-bond acceptors (Lipinski definition) is 2. The molecule has 1 amide bonds. The van der Waals surface area contributed by atoms with Crippen molar-refractivity contribution in [3.8, 4) is 0 Å². The van der Waals surface area contributed by atoms with Gasteiger partial charge in [0.15, 0.2) is 0 Å². The van der Waals surface area contributed by atoms with Crippen LogP contribution in [0.2, 0.25) is 0 Å². The Morgan fingerprint density at radius 3 is 1.62 bits per heavy atom. The first-order valence-electron chi connectivity index (χ1n) is 1.07. The Balaban J connectivity index is -0.0000000575. The van der Waals surface area contributed by atoms with Crippen molar-refractivity contribution < 1.29 is 9.90 Å². The molecule has 0 aliphatic rings. The number of carbonyl (C=O) groups is 1. The number of carboxylic acid groups (broad SMARTS) is 1. The molecule has 0 aromatic rings. The maximum absolute atomic E-state index is 8.67. The van der Waals surface area contributed by atoms with Crippen molar-refractivity contribution in [1.82, 2.24) is 6.15 Å². The Morgan fingerprint density at radius 1 is 1.62 bits per heavy atom. The van der Waals surface area contributed by atoms with E-state index < -0.39 is 6.09 Å². The minimum absolute atomic E-state index is 0. The molecule has 0 atom stereocenters. The third kappa shape index (κ3) is 128. The summed E-state index contributed by atoms with van der Waals surface area (Å²) in [6.07, 6.45) is -1.58. The molecule has 0 aromatic carbocycles. The molecule has 0 aliphatic heterocycles. The second-order valence-electron chi connectivity index (χ2n) is 0.390. The van der Waals surface area contributed by atoms with E-state index in [1.807, 2.05) is 0 Å². The zero-order valence-corrected chi connectivity index (χ0v) is 12.4. The summed E-state index contributed by atoms with van der Waals surface area (Å²) in [5.74, 6) is 0. The summed E-state index contributed by atoms with van der Waals surface area (Å²) >= 11 is 4.96. The summed E-state index contributed by atoms with van der Waals surface area (Å²) in [7, 11) is 0. The third-order valence-electron chi connectivity index (χ3n) is 0. The van der Waals surface area contributed by atoms with Gasteiger partial charge in [-0.3, -0.25) is 0 Å². The van der Waals surface area contributed by atoms with Crippen LogP contribution in [0.1, 0.15) is 0 Å². The van der Waals surface area contributed by atoms with Gasteiger partial charge in [-0.25, -0.2) is 0 Å². The molecule has 0 bridgehead atoms. The van der Waals surface area contributed by atoms with Crippen LogP contribution in [-0.4, -0.2) is 21.7 Å². The van der Waals surface area contributed by atoms with Gasteiger partial charge in [0, 0.05) is 0 Å². The first-order valence-corrected chi connectivity index (χ1v) is 22.9. The molecule has 0 aromatic heterocycles. The van der Waals surface area contributed by atoms with Crippen LogP contribution >= 0.6 is 35.5 Å². The molecule has 0 spiro atoms. The maximum Gasteiger partial charge on any atom is -0.369 e. The van der Waals surface area contributed by atoms with E-state index in [1.54, 1.807) is 0 Å². The summed E-state index contributed by atoms with van der Waals surface area (Å²) in [5, 5.41) is 8.67. The van der Waals surface area contributed by atoms with Gasteiger partial charge in [-0.2, -0.15) is 0 Å². The van der Waals surface area contributed by atoms with Crippen LogP contribution in [0.15, 0.2) is 0 Å². The first kappa shape index (κ1) is 16.3. The molecule has 4 nitrogen and oxygen atoms in total. The quantitative estimate of drug-likeness (QED) is 0.336. The molecule has 0 heterocycles. The van der Waals surface area contributed by atoms with Gasteiger partial charge < -0.3 is 21.8 Å². The van der Waals surface area contributed by atoms with E-state index in [1.165, 1.54) is 0 Å². The molecule has 2 radical (unpaired) electrons. The number of amides is 1. The predicted molar refractivity (Wildman–Crippen MR) is 49.4 cm³/mol. The zero-order chi connectivity index (χ0) is 6.28. The van der Waals surface area contributed by atoms with Crippen molar-refractivity contribution >= 4 is 57.3 Å². The second kappa shape index (κ2) is 15.8. The summed E-state index contributed by atoms with van der Waals surface area (Å²) in [6.45, 7) is 0. The van der Waals surface area contributed by atoms with Crippen LogP contribution < -0.4 is 17.0 Å². The van der Waals surface area contributed by atoms with Gasteiger partial charge in [0.25, 0.3) is 0 Å². The van der Waals surface area contributed by atoms with Crippen LogP contribution in [0.5, 0.6) is 0 Å². The van der Waals surface area contributed by atoms with Crippen LogP contribution in [0.4, 0.5) is 4.79 Å². The molecular formula is CH6I2N2O2Pb. The molecule has 6 N–H and O–H groups in total. The SMILES string of the molecule is NC(=O)[O-].[I][Pb][I].[NH4+]. The largest absolute Gasteiger partial charge is 0.369 e. The van der Waals surface area contributed by atoms with E-state index in [9.17, 15) is 0 Å². The fraction of sp³-hybridized carbons (Fsp3) is 0. The average Bonchev–Trinajstić information content (AvgIpc) is 1.33. The standard InChI is InChI=1S/CH3NO2.2HI.H3N.Pb/c2-1(3)4;;;;/h2H2,(H,3,4);2*1H;1H3;/q;;;;+2/p-2. The number of carbonyl (C=O) groups excluding carboxylic acids is 1. The Bertz CT molecular complexity index is 49.3. The second-order valence-corrected chi connectivity index (χ2v) is 28.5. The predicted octanol–water partition coefficient (Wildman–Crippen LogP) is 0.0552. The van der Waals surface area contributed by atoms with Crippen molar-refractivity contribution in [2.45, 2.75) is 0 Å². The average molecular weight is 539 g/mol. The summed E-state index contributed by atoms with van der Waals surface area (Å²) in [5.41, 5.74) is 3.92. The van der Waals surface area contributed by atoms with Crippen molar-refractivity contribution in [1.29, 1.82) is 0 Å². The number of quaternary nitrogens is 1. The van der Waals surface area contributed by atoms with E-state index >= 15 is 0 Å². The van der Waals surface area contributed by atoms with Gasteiger partial charge in [0.2, 0.25) is 0 Å². The third-order valence-corrected chi connectivity index (χ3v) is 0. The minimum Gasteiger partial charge on any atom is -0.369 e. The Labute approximate surface area is 77.7 Å². The molecule has 0 fully saturated rings. The van der Waals surface area contributed by atoms with Gasteiger partial charge in [-0.15, -0.1) is 0 Å². The summed E-state index contributed by atoms with van der Waals surface area (Å²) < 4.78 is 0. The van der Waals surface area contributed by atoms with Crippen molar-refractivity contribution in [2.24, 2.45) is 5.73 Å². The molecule has 7 heteroatoms. The Morgan fingerprint density at radius 2 is 1.62 bits per heavy atom. The normalized spacial score (nSPS) is 5.25. The minimum atomic E-state index is -1.58. The molecule has 50 valence electrons. The Kier molecular flexibility index (Phi) is 32.3. The smallest absolute Gasteiger partial charge is 0.369 e. The van der Waals surface area contributed by atoms with E-state index in [-0.39, 0.29) is 21.8 Å². The van der Waals surface area contributed by atoms with Crippen molar-refractivity contribution in [3.05, 3.63) is 0 Å². The first-order chi connectivity index (χ1) is 3.15. The number of nitrogens with two attached hydrogens (primary N) is 1. The number of halogens is 2. The van der Waals surface area contributed by atoms with E-state index in [2.05, 4.69) is 41.3 Å². The number of hydrogen-bond donors (Lipinski definition) is 2. The molecule has 0 aliphatic carbocycles. The van der Waals surface area contributed by atoms with Gasteiger partial charge in [-0.1, -0.05) is 0 Å². The zero-order valence-electron chi connectivity index (χ0n) is 4.15. The molecule has 0 rings (SSSR count). The fourth-order valence-electron chi connectivity index (χ4n) is 0. The molecular weight excluding hydrogens is 533 g/mol. The van der Waals surface area contributed by atoms with Gasteiger partial charge in [0.05, 0.1) is 0 Å². The topological polar surface area (TPSA) is 103 Å². The van der Waals surface area contributed by atoms with Crippen LogP contribution in [0.25, 0.3) is 0 Å². The van der Waals surface area contributed by atoms with E-state index in [4.69, 9.17) is 9.90 Å². The van der Waals surface area contributed by atoms with Gasteiger partial charge in [-0.05, 0) is 0 Å². The van der Waals surface area contributed by atoms with Crippen LogP contribution in [-0.2, 0) is 0 Å². The molecule has 0 unspecified atom stereocenters. The van der Waals surface area contributed by atoms with Gasteiger partial charge >= 0.3 is 51.2 Å². The fourth-order valence-corrected chi connectivity index (χ4v) is 0. The molecule has 0 saturated carbocycles. The summed E-state index contributed by atoms with van der Waals surface area (Å²) in [6, 6.07) is 0. The molecule has 8 heavy (non-hydrogen) atoms.